The lowest BCUT2D eigenvalue weighted by atomic mass is 9.90. The third kappa shape index (κ3) is 4.86. The maximum absolute atomic E-state index is 12.8. The number of carbonyl (C=O) groups excluding carboxylic acids is 2. The van der Waals surface area contributed by atoms with Crippen molar-refractivity contribution in [3.05, 3.63) is 32.6 Å². The van der Waals surface area contributed by atoms with Gasteiger partial charge in [-0.3, -0.25) is 4.79 Å². The lowest BCUT2D eigenvalue weighted by Gasteiger charge is -2.18. The Morgan fingerprint density at radius 1 is 1.38 bits per heavy atom. The number of hydrogen-bond acceptors (Lipinski definition) is 7. The standard InChI is InChI=1S/C22H24F2N4O3S/c1-3-31-22(30)20-14-8-13(25-11-26-19-9-15(21(23)24)27-28(19)2)6-7-17(14)32-18(20)10-16(29)12-4-5-12/h9,12-13,21H,3-8,10H2,1-2H3. The summed E-state index contributed by atoms with van der Waals surface area (Å²) in [6.45, 7) is 2.02. The van der Waals surface area contributed by atoms with Crippen LogP contribution in [-0.4, -0.2) is 40.2 Å². The molecule has 0 saturated heterocycles. The molecule has 1 unspecified atom stereocenters. The summed E-state index contributed by atoms with van der Waals surface area (Å²) >= 11 is 1.53. The molecule has 0 bridgehead atoms. The molecule has 0 radical (unpaired) electrons. The average molecular weight is 463 g/mol. The number of carbonyl (C=O) groups is 2. The molecule has 10 heteroatoms. The predicted molar refractivity (Wildman–Crippen MR) is 115 cm³/mol. The van der Waals surface area contributed by atoms with Gasteiger partial charge in [-0.1, -0.05) is 0 Å². The molecule has 2 heterocycles. The second-order valence-corrected chi connectivity index (χ2v) is 9.22. The number of fused-ring (bicyclic) bond motifs is 1. The smallest absolute Gasteiger partial charge is 0.339 e. The number of alkyl halides is 2. The van der Waals surface area contributed by atoms with E-state index in [4.69, 9.17) is 4.74 Å². The zero-order valence-corrected chi connectivity index (χ0v) is 18.8. The van der Waals surface area contributed by atoms with E-state index >= 15 is 0 Å². The summed E-state index contributed by atoms with van der Waals surface area (Å²) in [5.74, 6) is 0.172. The van der Waals surface area contributed by atoms with Gasteiger partial charge in [0.05, 0.1) is 24.2 Å². The van der Waals surface area contributed by atoms with Crippen LogP contribution in [-0.2, 0) is 35.8 Å². The van der Waals surface area contributed by atoms with Gasteiger partial charge in [-0.05, 0) is 44.6 Å². The van der Waals surface area contributed by atoms with E-state index in [2.05, 4.69) is 21.1 Å². The first-order valence-electron chi connectivity index (χ1n) is 10.7. The minimum atomic E-state index is -2.67. The van der Waals surface area contributed by atoms with Gasteiger partial charge in [0.25, 0.3) is 6.43 Å². The van der Waals surface area contributed by atoms with E-state index in [9.17, 15) is 18.4 Å². The monoisotopic (exact) mass is 462 g/mol. The number of esters is 1. The maximum Gasteiger partial charge on any atom is 0.339 e. The van der Waals surface area contributed by atoms with Crippen molar-refractivity contribution in [1.82, 2.24) is 9.78 Å². The van der Waals surface area contributed by atoms with Crippen LogP contribution in [0.1, 0.15) is 64.0 Å². The van der Waals surface area contributed by atoms with Crippen molar-refractivity contribution < 1.29 is 23.1 Å². The molecule has 7 nitrogen and oxygen atoms in total. The SMILES string of the molecule is CCOC(=O)c1c(CC(=O)C2CC2)sc2c1CC(N=C=Nc1cc(C(F)F)nn1C)CC2. The van der Waals surface area contributed by atoms with Gasteiger partial charge in [-0.2, -0.15) is 10.1 Å². The Morgan fingerprint density at radius 2 is 2.16 bits per heavy atom. The molecule has 170 valence electrons. The van der Waals surface area contributed by atoms with Crippen molar-refractivity contribution in [2.24, 2.45) is 23.0 Å². The number of aryl methyl sites for hydroxylation is 2. The fraction of sp³-hybridized carbons (Fsp3) is 0.545. The number of aliphatic imine (C=N–C) groups is 2. The van der Waals surface area contributed by atoms with Crippen molar-refractivity contribution in [2.45, 2.75) is 57.9 Å². The van der Waals surface area contributed by atoms with Crippen molar-refractivity contribution in [3.63, 3.8) is 0 Å². The maximum atomic E-state index is 12.8. The normalized spacial score (nSPS) is 17.6. The molecule has 0 N–H and O–H groups in total. The Balaban J connectivity index is 1.55. The van der Waals surface area contributed by atoms with Crippen molar-refractivity contribution in [1.29, 1.82) is 0 Å². The van der Waals surface area contributed by atoms with Crippen LogP contribution in [0.15, 0.2) is 16.1 Å². The molecule has 0 aliphatic heterocycles. The molecule has 0 amide bonds. The van der Waals surface area contributed by atoms with Gasteiger partial charge in [0, 0.05) is 35.2 Å². The van der Waals surface area contributed by atoms with E-state index < -0.39 is 12.4 Å². The minimum Gasteiger partial charge on any atom is -0.462 e. The van der Waals surface area contributed by atoms with E-state index in [0.717, 1.165) is 41.0 Å². The summed E-state index contributed by atoms with van der Waals surface area (Å²) in [7, 11) is 1.53. The molecule has 0 spiro atoms. The Labute approximate surface area is 188 Å². The molecular weight excluding hydrogens is 438 g/mol. The van der Waals surface area contributed by atoms with Crippen LogP contribution >= 0.6 is 11.3 Å². The topological polar surface area (TPSA) is 85.9 Å². The molecule has 0 aromatic carbocycles. The lowest BCUT2D eigenvalue weighted by molar-refractivity contribution is -0.119. The fourth-order valence-corrected chi connectivity index (χ4v) is 5.21. The quantitative estimate of drug-likeness (QED) is 0.428. The number of halogens is 2. The third-order valence-corrected chi connectivity index (χ3v) is 6.95. The number of hydrogen-bond donors (Lipinski definition) is 0. The summed E-state index contributed by atoms with van der Waals surface area (Å²) < 4.78 is 32.1. The summed E-state index contributed by atoms with van der Waals surface area (Å²) in [5.41, 5.74) is 1.07. The number of ether oxygens (including phenoxy) is 1. The number of Topliss-reactive ketones (excluding diaryl/α,β-unsaturated/α-hetero) is 1. The van der Waals surface area contributed by atoms with Gasteiger partial charge in [-0.15, -0.1) is 11.3 Å². The van der Waals surface area contributed by atoms with Gasteiger partial charge >= 0.3 is 5.97 Å². The summed E-state index contributed by atoms with van der Waals surface area (Å²) in [5, 5.41) is 3.71. The molecule has 2 aliphatic carbocycles. The molecule has 2 aromatic rings. The van der Waals surface area contributed by atoms with Crippen molar-refractivity contribution in [2.75, 3.05) is 6.61 Å². The zero-order chi connectivity index (χ0) is 22.8. The largest absolute Gasteiger partial charge is 0.462 e. The molecule has 1 atom stereocenters. The first-order chi connectivity index (χ1) is 15.4. The Hall–Kier alpha value is -2.71. The highest BCUT2D eigenvalue weighted by atomic mass is 32.1. The van der Waals surface area contributed by atoms with Crippen LogP contribution in [0.2, 0.25) is 0 Å². The highest BCUT2D eigenvalue weighted by molar-refractivity contribution is 7.12. The second-order valence-electron chi connectivity index (χ2n) is 8.03. The van der Waals surface area contributed by atoms with Gasteiger partial charge < -0.3 is 4.74 Å². The van der Waals surface area contributed by atoms with Gasteiger partial charge in [0.2, 0.25) is 0 Å². The van der Waals surface area contributed by atoms with Crippen LogP contribution in [0, 0.1) is 5.92 Å². The van der Waals surface area contributed by atoms with Crippen molar-refractivity contribution >= 4 is 34.9 Å². The first-order valence-corrected chi connectivity index (χ1v) is 11.5. The third-order valence-electron chi connectivity index (χ3n) is 5.66. The highest BCUT2D eigenvalue weighted by Crippen LogP contribution is 2.38. The van der Waals surface area contributed by atoms with Gasteiger partial charge in [0.15, 0.2) is 5.82 Å². The van der Waals surface area contributed by atoms with E-state index in [-0.39, 0.29) is 42.3 Å². The number of rotatable bonds is 8. The Kier molecular flexibility index (Phi) is 6.62. The lowest BCUT2D eigenvalue weighted by Crippen LogP contribution is -2.19. The molecule has 32 heavy (non-hydrogen) atoms. The second kappa shape index (κ2) is 9.42. The minimum absolute atomic E-state index is 0.135. The first kappa shape index (κ1) is 22.5. The molecule has 1 saturated carbocycles. The van der Waals surface area contributed by atoms with E-state index in [1.54, 1.807) is 6.92 Å². The summed E-state index contributed by atoms with van der Waals surface area (Å²) in [6, 6.07) is 3.66. The molecular formula is C22H24F2N4O3S. The molecule has 1 fully saturated rings. The van der Waals surface area contributed by atoms with E-state index in [1.807, 2.05) is 0 Å². The zero-order valence-electron chi connectivity index (χ0n) is 17.9. The summed E-state index contributed by atoms with van der Waals surface area (Å²) in [6.07, 6.45) is 1.49. The average Bonchev–Trinajstić information content (AvgIpc) is 3.45. The Morgan fingerprint density at radius 3 is 2.81 bits per heavy atom. The number of ketones is 1. The van der Waals surface area contributed by atoms with E-state index in [1.165, 1.54) is 29.1 Å². The van der Waals surface area contributed by atoms with Crippen LogP contribution in [0.3, 0.4) is 0 Å². The fourth-order valence-electron chi connectivity index (χ4n) is 3.86. The Bertz CT molecular complexity index is 1100. The van der Waals surface area contributed by atoms with Gasteiger partial charge in [-0.25, -0.2) is 23.2 Å². The molecule has 2 aromatic heterocycles. The van der Waals surface area contributed by atoms with Crippen LogP contribution in [0.5, 0.6) is 0 Å². The number of aromatic nitrogens is 2. The molecule has 4 rings (SSSR count). The van der Waals surface area contributed by atoms with Crippen LogP contribution in [0.4, 0.5) is 14.6 Å². The van der Waals surface area contributed by atoms with Crippen molar-refractivity contribution in [3.8, 4) is 0 Å². The summed E-state index contributed by atoms with van der Waals surface area (Å²) in [4.78, 5) is 35.4. The predicted octanol–water partition coefficient (Wildman–Crippen LogP) is 4.48. The molecule has 2 aliphatic rings. The number of thiophene rings is 1. The van der Waals surface area contributed by atoms with E-state index in [0.29, 0.717) is 12.0 Å². The number of nitrogens with zero attached hydrogens (tertiary/aromatic N) is 4. The van der Waals surface area contributed by atoms with Crippen LogP contribution in [0.25, 0.3) is 0 Å². The highest BCUT2D eigenvalue weighted by Gasteiger charge is 2.34. The van der Waals surface area contributed by atoms with Crippen LogP contribution < -0.4 is 0 Å². The van der Waals surface area contributed by atoms with Gasteiger partial charge in [0.1, 0.15) is 11.5 Å².